The van der Waals surface area contributed by atoms with Gasteiger partial charge in [-0.2, -0.15) is 0 Å². The molecule has 26 heavy (non-hydrogen) atoms. The number of halogens is 1. The van der Waals surface area contributed by atoms with Gasteiger partial charge in [-0.15, -0.1) is 0 Å². The van der Waals surface area contributed by atoms with Crippen molar-refractivity contribution in [3.05, 3.63) is 60.2 Å². The Balaban J connectivity index is 1.46. The second-order valence-corrected chi connectivity index (χ2v) is 7.01. The number of pyridine rings is 1. The molecular formula is C20H22FN3O2. The number of fused-ring (bicyclic) bond motifs is 3. The van der Waals surface area contributed by atoms with E-state index in [9.17, 15) is 9.18 Å². The van der Waals surface area contributed by atoms with E-state index in [4.69, 9.17) is 4.74 Å². The Morgan fingerprint density at radius 1 is 1.27 bits per heavy atom. The zero-order valence-electron chi connectivity index (χ0n) is 14.5. The van der Waals surface area contributed by atoms with Crippen molar-refractivity contribution in [2.45, 2.75) is 31.4 Å². The number of amides is 1. The van der Waals surface area contributed by atoms with Gasteiger partial charge in [0.25, 0.3) is 0 Å². The van der Waals surface area contributed by atoms with Crippen LogP contribution in [0.1, 0.15) is 18.4 Å². The minimum absolute atomic E-state index is 0.157. The summed E-state index contributed by atoms with van der Waals surface area (Å²) in [5.41, 5.74) is 1.55. The molecule has 0 unspecified atom stereocenters. The van der Waals surface area contributed by atoms with Crippen LogP contribution in [-0.2, 0) is 11.2 Å². The Labute approximate surface area is 152 Å². The third kappa shape index (κ3) is 3.70. The van der Waals surface area contributed by atoms with Crippen molar-refractivity contribution in [3.63, 3.8) is 0 Å². The standard InChI is InChI=1S/C20H22FN3O2/c21-16-4-1-5-17(12-16)23-20(25)26-19-15-6-9-24(10-7-15)18(19)11-14-3-2-8-22-13-14/h1-5,8,12-13,15,18-19H,6-7,9-11H2,(H,23,25)/t18-,19+/m0/s1. The van der Waals surface area contributed by atoms with Gasteiger partial charge < -0.3 is 4.74 Å². The molecule has 0 spiro atoms. The van der Waals surface area contributed by atoms with Crippen molar-refractivity contribution >= 4 is 11.8 Å². The normalized spacial score (nSPS) is 27.1. The predicted molar refractivity (Wildman–Crippen MR) is 96.3 cm³/mol. The molecular weight excluding hydrogens is 333 g/mol. The number of carbonyl (C=O) groups excluding carboxylic acids is 1. The summed E-state index contributed by atoms with van der Waals surface area (Å²) in [6.45, 7) is 2.09. The van der Waals surface area contributed by atoms with E-state index in [1.54, 1.807) is 18.3 Å². The van der Waals surface area contributed by atoms with Crippen LogP contribution in [0.25, 0.3) is 0 Å². The molecule has 2 aromatic rings. The van der Waals surface area contributed by atoms with Crippen molar-refractivity contribution in [1.29, 1.82) is 0 Å². The summed E-state index contributed by atoms with van der Waals surface area (Å²) in [5.74, 6) is -0.0139. The highest BCUT2D eigenvalue weighted by atomic mass is 19.1. The summed E-state index contributed by atoms with van der Waals surface area (Å²) in [6, 6.07) is 9.97. The molecule has 1 aromatic carbocycles. The molecule has 3 fully saturated rings. The average Bonchev–Trinajstić information content (AvgIpc) is 2.65. The van der Waals surface area contributed by atoms with Crippen LogP contribution in [0, 0.1) is 11.7 Å². The highest BCUT2D eigenvalue weighted by molar-refractivity contribution is 5.84. The van der Waals surface area contributed by atoms with Crippen molar-refractivity contribution in [3.8, 4) is 0 Å². The number of rotatable bonds is 4. The van der Waals surface area contributed by atoms with Crippen LogP contribution < -0.4 is 5.32 Å². The lowest BCUT2D eigenvalue weighted by atomic mass is 9.78. The number of nitrogens with one attached hydrogen (secondary N) is 1. The molecule has 6 heteroatoms. The SMILES string of the molecule is O=C(Nc1cccc(F)c1)O[C@@H]1C2CCN(CC2)[C@H]1Cc1cccnc1. The van der Waals surface area contributed by atoms with Crippen LogP contribution in [0.3, 0.4) is 0 Å². The van der Waals surface area contributed by atoms with Crippen molar-refractivity contribution in [2.24, 2.45) is 5.92 Å². The molecule has 1 aromatic heterocycles. The Morgan fingerprint density at radius 2 is 2.12 bits per heavy atom. The van der Waals surface area contributed by atoms with E-state index in [0.29, 0.717) is 11.6 Å². The van der Waals surface area contributed by atoms with Gasteiger partial charge in [0.1, 0.15) is 11.9 Å². The van der Waals surface area contributed by atoms with E-state index in [1.807, 2.05) is 12.3 Å². The summed E-state index contributed by atoms with van der Waals surface area (Å²) in [4.78, 5) is 19.0. The number of nitrogens with zero attached hydrogens (tertiary/aromatic N) is 2. The Kier molecular flexibility index (Phi) is 4.84. The molecule has 2 atom stereocenters. The second-order valence-electron chi connectivity index (χ2n) is 7.01. The third-order valence-electron chi connectivity index (χ3n) is 5.37. The number of benzene rings is 1. The van der Waals surface area contributed by atoms with E-state index in [1.165, 1.54) is 12.1 Å². The third-order valence-corrected chi connectivity index (χ3v) is 5.37. The van der Waals surface area contributed by atoms with Gasteiger partial charge in [-0.1, -0.05) is 12.1 Å². The Bertz CT molecular complexity index is 763. The smallest absolute Gasteiger partial charge is 0.411 e. The fraction of sp³-hybridized carbons (Fsp3) is 0.400. The highest BCUT2D eigenvalue weighted by Crippen LogP contribution is 2.36. The minimum Gasteiger partial charge on any atom is -0.444 e. The van der Waals surface area contributed by atoms with Crippen LogP contribution in [0.15, 0.2) is 48.8 Å². The lowest BCUT2D eigenvalue weighted by Gasteiger charge is -2.50. The molecule has 0 radical (unpaired) electrons. The van der Waals surface area contributed by atoms with E-state index in [0.717, 1.165) is 37.9 Å². The summed E-state index contributed by atoms with van der Waals surface area (Å²) in [6.07, 6.45) is 5.84. The van der Waals surface area contributed by atoms with Crippen molar-refractivity contribution < 1.29 is 13.9 Å². The van der Waals surface area contributed by atoms with Crippen LogP contribution in [0.4, 0.5) is 14.9 Å². The maximum Gasteiger partial charge on any atom is 0.411 e. The number of hydrogen-bond acceptors (Lipinski definition) is 4. The lowest BCUT2D eigenvalue weighted by molar-refractivity contribution is -0.0741. The summed E-state index contributed by atoms with van der Waals surface area (Å²) in [5, 5.41) is 2.64. The van der Waals surface area contributed by atoms with Gasteiger partial charge in [0, 0.05) is 24.0 Å². The Morgan fingerprint density at radius 3 is 2.85 bits per heavy atom. The number of carbonyl (C=O) groups is 1. The van der Waals surface area contributed by atoms with Crippen LogP contribution in [0.5, 0.6) is 0 Å². The average molecular weight is 355 g/mol. The molecule has 3 aliphatic heterocycles. The van der Waals surface area contributed by atoms with E-state index in [2.05, 4.69) is 21.3 Å². The highest BCUT2D eigenvalue weighted by Gasteiger charge is 2.44. The fourth-order valence-electron chi connectivity index (χ4n) is 4.12. The molecule has 5 rings (SSSR count). The van der Waals surface area contributed by atoms with Gasteiger partial charge in [0.15, 0.2) is 0 Å². The molecule has 0 aliphatic carbocycles. The van der Waals surface area contributed by atoms with Crippen LogP contribution in [-0.4, -0.2) is 41.2 Å². The topological polar surface area (TPSA) is 54.5 Å². The Hall–Kier alpha value is -2.47. The minimum atomic E-state index is -0.523. The van der Waals surface area contributed by atoms with Gasteiger partial charge >= 0.3 is 6.09 Å². The molecule has 3 saturated heterocycles. The molecule has 0 saturated carbocycles. The van der Waals surface area contributed by atoms with E-state index < -0.39 is 6.09 Å². The second kappa shape index (κ2) is 7.41. The summed E-state index contributed by atoms with van der Waals surface area (Å²) >= 11 is 0. The fourth-order valence-corrected chi connectivity index (χ4v) is 4.12. The molecule has 1 N–H and O–H groups in total. The van der Waals surface area contributed by atoms with Crippen molar-refractivity contribution in [1.82, 2.24) is 9.88 Å². The van der Waals surface area contributed by atoms with Gasteiger partial charge in [0.2, 0.25) is 0 Å². The zero-order valence-corrected chi connectivity index (χ0v) is 14.5. The number of anilines is 1. The summed E-state index contributed by atoms with van der Waals surface area (Å²) in [7, 11) is 0. The van der Waals surface area contributed by atoms with Crippen molar-refractivity contribution in [2.75, 3.05) is 18.4 Å². The predicted octanol–water partition coefficient (Wildman–Crippen LogP) is 3.47. The number of piperidine rings is 3. The number of aromatic nitrogens is 1. The first-order valence-corrected chi connectivity index (χ1v) is 9.05. The van der Waals surface area contributed by atoms with Crippen LogP contribution in [0.2, 0.25) is 0 Å². The largest absolute Gasteiger partial charge is 0.444 e. The van der Waals surface area contributed by atoms with Gasteiger partial charge in [-0.3, -0.25) is 15.2 Å². The van der Waals surface area contributed by atoms with E-state index >= 15 is 0 Å². The first-order valence-electron chi connectivity index (χ1n) is 9.05. The molecule has 2 bridgehead atoms. The molecule has 1 amide bonds. The first-order chi connectivity index (χ1) is 12.7. The quantitative estimate of drug-likeness (QED) is 0.912. The maximum absolute atomic E-state index is 13.3. The van der Waals surface area contributed by atoms with Gasteiger partial charge in [0.05, 0.1) is 6.04 Å². The van der Waals surface area contributed by atoms with Crippen LogP contribution >= 0.6 is 0 Å². The molecule has 4 heterocycles. The first kappa shape index (κ1) is 17.0. The molecule has 136 valence electrons. The molecule has 5 nitrogen and oxygen atoms in total. The lowest BCUT2D eigenvalue weighted by Crippen LogP contribution is -2.60. The monoisotopic (exact) mass is 355 g/mol. The summed E-state index contributed by atoms with van der Waals surface area (Å²) < 4.78 is 19.1. The molecule has 3 aliphatic rings. The van der Waals surface area contributed by atoms with Gasteiger partial charge in [-0.05, 0) is 62.2 Å². The zero-order chi connectivity index (χ0) is 17.9. The number of hydrogen-bond donors (Lipinski definition) is 1. The van der Waals surface area contributed by atoms with Gasteiger partial charge in [-0.25, -0.2) is 9.18 Å². The maximum atomic E-state index is 13.3. The van der Waals surface area contributed by atoms with E-state index in [-0.39, 0.29) is 18.0 Å². The number of ether oxygens (including phenoxy) is 1.